The molecule has 8 aromatic carbocycles. The number of fused-ring (bicyclic) bond motifs is 8. The largest absolute Gasteiger partial charge is 0.455 e. The van der Waals surface area contributed by atoms with Crippen LogP contribution in [-0.4, -0.2) is 15.0 Å². The molecule has 2 aromatic heterocycles. The summed E-state index contributed by atoms with van der Waals surface area (Å²) in [6.45, 7) is 0. The molecule has 4 heteroatoms. The Balaban J connectivity index is 1.25. The lowest BCUT2D eigenvalue weighted by molar-refractivity contribution is 0.673. The van der Waals surface area contributed by atoms with Crippen LogP contribution in [0.15, 0.2) is 168 Å². The molecule has 0 N–H and O–H groups in total. The van der Waals surface area contributed by atoms with Crippen LogP contribution in [0.2, 0.25) is 0 Å². The van der Waals surface area contributed by atoms with Gasteiger partial charge in [-0.05, 0) is 50.2 Å². The summed E-state index contributed by atoms with van der Waals surface area (Å²) < 4.78 is 6.72. The zero-order valence-electron chi connectivity index (χ0n) is 26.3. The molecular weight excluding hydrogens is 599 g/mol. The first kappa shape index (κ1) is 27.5. The number of aromatic nitrogens is 3. The average Bonchev–Trinajstić information content (AvgIpc) is 3.57. The van der Waals surface area contributed by atoms with Gasteiger partial charge in [-0.3, -0.25) is 0 Å². The van der Waals surface area contributed by atoms with E-state index in [4.69, 9.17) is 19.4 Å². The molecule has 228 valence electrons. The van der Waals surface area contributed by atoms with Gasteiger partial charge in [-0.25, -0.2) is 15.0 Å². The normalized spacial score (nSPS) is 11.7. The van der Waals surface area contributed by atoms with Crippen LogP contribution < -0.4 is 0 Å². The molecule has 0 bridgehead atoms. The maximum atomic E-state index is 6.72. The van der Waals surface area contributed by atoms with E-state index in [1.165, 1.54) is 10.8 Å². The SMILES string of the molecule is c1ccc(-c2nc(-c3ccccc3)nc(-c3cccc4c(-c5cc6ccc7ccccc7c6c6oc7ccccc7c56)cccc34)n2)cc1. The lowest BCUT2D eigenvalue weighted by Crippen LogP contribution is -2.00. The van der Waals surface area contributed by atoms with E-state index in [0.717, 1.165) is 71.3 Å². The van der Waals surface area contributed by atoms with Crippen molar-refractivity contribution in [1.82, 2.24) is 15.0 Å². The summed E-state index contributed by atoms with van der Waals surface area (Å²) in [5, 5.41) is 9.09. The van der Waals surface area contributed by atoms with Gasteiger partial charge in [0.05, 0.1) is 0 Å². The highest BCUT2D eigenvalue weighted by Gasteiger charge is 2.20. The minimum absolute atomic E-state index is 0.638. The maximum absolute atomic E-state index is 6.72. The molecule has 10 aromatic rings. The van der Waals surface area contributed by atoms with Crippen LogP contribution in [0.3, 0.4) is 0 Å². The second kappa shape index (κ2) is 11.0. The van der Waals surface area contributed by atoms with Crippen molar-refractivity contribution in [2.24, 2.45) is 0 Å². The predicted octanol–water partition coefficient (Wildman–Crippen LogP) is 11.9. The number of para-hydroxylation sites is 1. The van der Waals surface area contributed by atoms with E-state index in [-0.39, 0.29) is 0 Å². The third kappa shape index (κ3) is 4.42. The van der Waals surface area contributed by atoms with Gasteiger partial charge in [0.15, 0.2) is 17.5 Å². The van der Waals surface area contributed by atoms with E-state index in [0.29, 0.717) is 17.5 Å². The number of rotatable bonds is 4. The molecule has 0 spiro atoms. The van der Waals surface area contributed by atoms with Crippen LogP contribution in [0.4, 0.5) is 0 Å². The molecule has 49 heavy (non-hydrogen) atoms. The standard InChI is InChI=1S/C45H27N3O/c1-3-14-29(15-4-1)43-46-44(30-16-5-2-6-17-30)48-45(47-43)36-23-12-20-33-34(36)21-11-22-35(33)38-27-31-26-25-28-13-7-8-18-32(28)40(31)42-41(38)37-19-9-10-24-39(37)49-42/h1-27H. The second-order valence-corrected chi connectivity index (χ2v) is 12.4. The van der Waals surface area contributed by atoms with Gasteiger partial charge in [0.25, 0.3) is 0 Å². The quantitative estimate of drug-likeness (QED) is 0.183. The smallest absolute Gasteiger partial charge is 0.164 e. The third-order valence-electron chi connectivity index (χ3n) is 9.51. The second-order valence-electron chi connectivity index (χ2n) is 12.4. The average molecular weight is 626 g/mol. The predicted molar refractivity (Wildman–Crippen MR) is 201 cm³/mol. The van der Waals surface area contributed by atoms with E-state index in [1.54, 1.807) is 0 Å². The van der Waals surface area contributed by atoms with E-state index >= 15 is 0 Å². The van der Waals surface area contributed by atoms with Gasteiger partial charge >= 0.3 is 0 Å². The van der Waals surface area contributed by atoms with Crippen molar-refractivity contribution in [3.05, 3.63) is 164 Å². The summed E-state index contributed by atoms with van der Waals surface area (Å²) in [5.74, 6) is 1.93. The molecule has 0 atom stereocenters. The number of benzene rings is 8. The third-order valence-corrected chi connectivity index (χ3v) is 9.51. The Kier molecular flexibility index (Phi) is 6.15. The molecule has 0 aliphatic rings. The molecule has 0 radical (unpaired) electrons. The zero-order chi connectivity index (χ0) is 32.3. The molecule has 0 aliphatic carbocycles. The summed E-state index contributed by atoms with van der Waals surface area (Å²) in [6.07, 6.45) is 0. The van der Waals surface area contributed by atoms with Crippen LogP contribution in [-0.2, 0) is 0 Å². The van der Waals surface area contributed by atoms with Crippen LogP contribution in [0.1, 0.15) is 0 Å². The van der Waals surface area contributed by atoms with Gasteiger partial charge in [-0.1, -0.05) is 152 Å². The molecule has 10 rings (SSSR count). The number of hydrogen-bond acceptors (Lipinski definition) is 4. The van der Waals surface area contributed by atoms with Gasteiger partial charge in [0, 0.05) is 32.8 Å². The molecular formula is C45H27N3O. The van der Waals surface area contributed by atoms with Crippen molar-refractivity contribution < 1.29 is 4.42 Å². The Bertz CT molecular complexity index is 2820. The van der Waals surface area contributed by atoms with Gasteiger partial charge in [-0.15, -0.1) is 0 Å². The molecule has 0 unspecified atom stereocenters. The maximum Gasteiger partial charge on any atom is 0.164 e. The van der Waals surface area contributed by atoms with Gasteiger partial charge in [-0.2, -0.15) is 0 Å². The Labute approximate surface area is 282 Å². The number of furan rings is 1. The Morgan fingerprint density at radius 3 is 1.63 bits per heavy atom. The molecule has 0 saturated carbocycles. The van der Waals surface area contributed by atoms with Crippen LogP contribution in [0, 0.1) is 0 Å². The minimum atomic E-state index is 0.638. The Morgan fingerprint density at radius 2 is 0.898 bits per heavy atom. The highest BCUT2D eigenvalue weighted by Crippen LogP contribution is 2.45. The van der Waals surface area contributed by atoms with E-state index in [9.17, 15) is 0 Å². The summed E-state index contributed by atoms with van der Waals surface area (Å²) in [6, 6.07) is 56.8. The van der Waals surface area contributed by atoms with Crippen molar-refractivity contribution >= 4 is 54.3 Å². The van der Waals surface area contributed by atoms with Gasteiger partial charge in [0.2, 0.25) is 0 Å². The summed E-state index contributed by atoms with van der Waals surface area (Å²) in [5.41, 5.74) is 6.91. The molecule has 0 aliphatic heterocycles. The lowest BCUT2D eigenvalue weighted by Gasteiger charge is -2.14. The monoisotopic (exact) mass is 625 g/mol. The van der Waals surface area contributed by atoms with Crippen LogP contribution in [0.25, 0.3) is 99.5 Å². The zero-order valence-corrected chi connectivity index (χ0v) is 26.3. The molecule has 0 saturated heterocycles. The Hall–Kier alpha value is -6.65. The van der Waals surface area contributed by atoms with Crippen molar-refractivity contribution in [3.63, 3.8) is 0 Å². The first-order valence-corrected chi connectivity index (χ1v) is 16.5. The van der Waals surface area contributed by atoms with E-state index < -0.39 is 0 Å². The lowest BCUT2D eigenvalue weighted by atomic mass is 9.90. The summed E-state index contributed by atoms with van der Waals surface area (Å²) >= 11 is 0. The Morgan fingerprint density at radius 1 is 0.347 bits per heavy atom. The fourth-order valence-electron chi connectivity index (χ4n) is 7.26. The summed E-state index contributed by atoms with van der Waals surface area (Å²) in [7, 11) is 0. The molecule has 0 amide bonds. The fraction of sp³-hybridized carbons (Fsp3) is 0. The van der Waals surface area contributed by atoms with Crippen LogP contribution >= 0.6 is 0 Å². The summed E-state index contributed by atoms with van der Waals surface area (Å²) in [4.78, 5) is 15.1. The van der Waals surface area contributed by atoms with Crippen molar-refractivity contribution in [1.29, 1.82) is 0 Å². The topological polar surface area (TPSA) is 51.8 Å². The molecule has 2 heterocycles. The van der Waals surface area contributed by atoms with Crippen LogP contribution in [0.5, 0.6) is 0 Å². The first-order chi connectivity index (χ1) is 24.3. The first-order valence-electron chi connectivity index (χ1n) is 16.5. The molecule has 0 fully saturated rings. The fourth-order valence-corrected chi connectivity index (χ4v) is 7.26. The highest BCUT2D eigenvalue weighted by atomic mass is 16.3. The minimum Gasteiger partial charge on any atom is -0.455 e. The number of nitrogens with zero attached hydrogens (tertiary/aromatic N) is 3. The van der Waals surface area contributed by atoms with Crippen molar-refractivity contribution in [2.75, 3.05) is 0 Å². The van der Waals surface area contributed by atoms with Crippen molar-refractivity contribution in [3.8, 4) is 45.3 Å². The molecule has 4 nitrogen and oxygen atoms in total. The van der Waals surface area contributed by atoms with E-state index in [1.807, 2.05) is 66.7 Å². The van der Waals surface area contributed by atoms with E-state index in [2.05, 4.69) is 97.1 Å². The van der Waals surface area contributed by atoms with Gasteiger partial charge in [0.1, 0.15) is 11.2 Å². The van der Waals surface area contributed by atoms with Gasteiger partial charge < -0.3 is 4.42 Å². The number of hydrogen-bond donors (Lipinski definition) is 0. The highest BCUT2D eigenvalue weighted by molar-refractivity contribution is 6.28. The van der Waals surface area contributed by atoms with Crippen molar-refractivity contribution in [2.45, 2.75) is 0 Å².